The Morgan fingerprint density at radius 2 is 1.83 bits per heavy atom. The van der Waals surface area contributed by atoms with Gasteiger partial charge in [0.2, 0.25) is 0 Å². The van der Waals surface area contributed by atoms with E-state index in [-0.39, 0.29) is 25.1 Å². The summed E-state index contributed by atoms with van der Waals surface area (Å²) in [6, 6.07) is 6.81. The van der Waals surface area contributed by atoms with Crippen LogP contribution >= 0.6 is 0 Å². The van der Waals surface area contributed by atoms with Crippen molar-refractivity contribution in [2.24, 2.45) is 0 Å². The van der Waals surface area contributed by atoms with Gasteiger partial charge in [0.05, 0.1) is 11.7 Å². The molecule has 0 spiro atoms. The largest absolute Gasteiger partial charge is 0.490 e. The van der Waals surface area contributed by atoms with E-state index in [0.717, 1.165) is 19.3 Å². The fourth-order valence-electron chi connectivity index (χ4n) is 2.95. The van der Waals surface area contributed by atoms with Gasteiger partial charge in [-0.3, -0.25) is 4.79 Å². The van der Waals surface area contributed by atoms with Gasteiger partial charge in [-0.15, -0.1) is 0 Å². The second kappa shape index (κ2) is 6.27. The zero-order valence-corrected chi connectivity index (χ0v) is 13.2. The Morgan fingerprint density at radius 1 is 1.21 bits per heavy atom. The Kier molecular flexibility index (Phi) is 4.46. The van der Waals surface area contributed by atoms with E-state index in [1.807, 2.05) is 0 Å². The molecule has 1 aliphatic carbocycles. The average Bonchev–Trinajstić information content (AvgIpc) is 2.50. The van der Waals surface area contributed by atoms with Crippen LogP contribution in [-0.4, -0.2) is 46.9 Å². The van der Waals surface area contributed by atoms with Gasteiger partial charge < -0.3 is 14.7 Å². The Balaban J connectivity index is 1.69. The molecule has 2 fully saturated rings. The van der Waals surface area contributed by atoms with Crippen molar-refractivity contribution in [1.82, 2.24) is 4.90 Å². The van der Waals surface area contributed by atoms with E-state index in [4.69, 9.17) is 4.74 Å². The van der Waals surface area contributed by atoms with Crippen LogP contribution in [0.3, 0.4) is 0 Å². The van der Waals surface area contributed by atoms with Crippen molar-refractivity contribution < 1.29 is 27.8 Å². The summed E-state index contributed by atoms with van der Waals surface area (Å²) in [5.41, 5.74) is -2.34. The lowest BCUT2D eigenvalue weighted by Crippen LogP contribution is -2.54. The molecule has 132 valence electrons. The SMILES string of the molecule is O=C(c1ccccc1OC1CCC1)N1CCC(O)(C(F)(F)F)CC1. The molecule has 0 atom stereocenters. The molecule has 1 heterocycles. The topological polar surface area (TPSA) is 49.8 Å². The van der Waals surface area contributed by atoms with Crippen LogP contribution in [0.4, 0.5) is 13.2 Å². The zero-order chi connectivity index (χ0) is 17.4. The number of nitrogens with zero attached hydrogens (tertiary/aromatic N) is 1. The van der Waals surface area contributed by atoms with E-state index < -0.39 is 24.6 Å². The van der Waals surface area contributed by atoms with Crippen LogP contribution < -0.4 is 4.74 Å². The first kappa shape index (κ1) is 17.1. The maximum Gasteiger partial charge on any atom is 0.417 e. The van der Waals surface area contributed by atoms with Gasteiger partial charge in [0.15, 0.2) is 5.60 Å². The second-order valence-electron chi connectivity index (χ2n) is 6.49. The van der Waals surface area contributed by atoms with Crippen molar-refractivity contribution in [3.8, 4) is 5.75 Å². The lowest BCUT2D eigenvalue weighted by atomic mass is 9.90. The van der Waals surface area contributed by atoms with Crippen molar-refractivity contribution in [1.29, 1.82) is 0 Å². The highest BCUT2D eigenvalue weighted by Gasteiger charge is 2.55. The van der Waals surface area contributed by atoms with Crippen molar-refractivity contribution in [2.45, 2.75) is 50.0 Å². The number of benzene rings is 1. The third kappa shape index (κ3) is 3.22. The molecule has 24 heavy (non-hydrogen) atoms. The second-order valence-corrected chi connectivity index (χ2v) is 6.49. The van der Waals surface area contributed by atoms with Crippen LogP contribution in [0.25, 0.3) is 0 Å². The summed E-state index contributed by atoms with van der Waals surface area (Å²) in [6.45, 7) is -0.265. The molecule has 3 rings (SSSR count). The smallest absolute Gasteiger partial charge is 0.417 e. The number of piperidine rings is 1. The van der Waals surface area contributed by atoms with Gasteiger partial charge >= 0.3 is 6.18 Å². The van der Waals surface area contributed by atoms with E-state index in [1.54, 1.807) is 24.3 Å². The van der Waals surface area contributed by atoms with Gasteiger partial charge in [0.1, 0.15) is 5.75 Å². The number of carbonyl (C=O) groups is 1. The normalized spacial score (nSPS) is 21.2. The summed E-state index contributed by atoms with van der Waals surface area (Å²) in [7, 11) is 0. The van der Waals surface area contributed by atoms with Gasteiger partial charge in [-0.05, 0) is 31.4 Å². The standard InChI is InChI=1S/C17H20F3NO3/c18-17(19,20)16(23)8-10-21(11-9-16)15(22)13-6-1-2-7-14(13)24-12-4-3-5-12/h1-2,6-7,12,23H,3-5,8-11H2. The molecule has 7 heteroatoms. The van der Waals surface area contributed by atoms with E-state index in [9.17, 15) is 23.1 Å². The molecule has 1 aliphatic heterocycles. The van der Waals surface area contributed by atoms with Crippen LogP contribution in [0.2, 0.25) is 0 Å². The van der Waals surface area contributed by atoms with E-state index in [0.29, 0.717) is 11.3 Å². The minimum atomic E-state index is -4.67. The minimum absolute atomic E-state index is 0.107. The molecule has 1 N–H and O–H groups in total. The van der Waals surface area contributed by atoms with E-state index in [1.165, 1.54) is 4.90 Å². The Labute approximate surface area is 138 Å². The first-order chi connectivity index (χ1) is 11.3. The number of halogens is 3. The van der Waals surface area contributed by atoms with Gasteiger partial charge in [0.25, 0.3) is 5.91 Å². The maximum absolute atomic E-state index is 12.9. The van der Waals surface area contributed by atoms with Crippen molar-refractivity contribution in [2.75, 3.05) is 13.1 Å². The summed E-state index contributed by atoms with van der Waals surface area (Å²) in [5, 5.41) is 9.70. The van der Waals surface area contributed by atoms with Gasteiger partial charge in [-0.25, -0.2) is 0 Å². The van der Waals surface area contributed by atoms with Gasteiger partial charge in [-0.2, -0.15) is 13.2 Å². The average molecular weight is 343 g/mol. The maximum atomic E-state index is 12.9. The number of aliphatic hydroxyl groups is 1. The lowest BCUT2D eigenvalue weighted by molar-refractivity contribution is -0.271. The predicted molar refractivity (Wildman–Crippen MR) is 80.9 cm³/mol. The predicted octanol–water partition coefficient (Wildman–Crippen LogP) is 3.15. The number of amides is 1. The zero-order valence-electron chi connectivity index (χ0n) is 13.2. The van der Waals surface area contributed by atoms with Gasteiger partial charge in [0, 0.05) is 25.9 Å². The van der Waals surface area contributed by atoms with Crippen LogP contribution in [0.15, 0.2) is 24.3 Å². The number of likely N-dealkylation sites (tertiary alicyclic amines) is 1. The quantitative estimate of drug-likeness (QED) is 0.917. The van der Waals surface area contributed by atoms with Gasteiger partial charge in [-0.1, -0.05) is 12.1 Å². The molecular formula is C17H20F3NO3. The fraction of sp³-hybridized carbons (Fsp3) is 0.588. The van der Waals surface area contributed by atoms with Crippen molar-refractivity contribution in [3.63, 3.8) is 0 Å². The molecule has 1 aromatic carbocycles. The minimum Gasteiger partial charge on any atom is -0.490 e. The van der Waals surface area contributed by atoms with Crippen molar-refractivity contribution >= 4 is 5.91 Å². The molecule has 0 unspecified atom stereocenters. The molecular weight excluding hydrogens is 323 g/mol. The third-order valence-corrected chi connectivity index (χ3v) is 4.87. The molecule has 1 aromatic rings. The van der Waals surface area contributed by atoms with Crippen LogP contribution in [-0.2, 0) is 0 Å². The van der Waals surface area contributed by atoms with E-state index >= 15 is 0 Å². The number of rotatable bonds is 3. The number of ether oxygens (including phenoxy) is 1. The summed E-state index contributed by atoms with van der Waals surface area (Å²) in [4.78, 5) is 14.0. The first-order valence-corrected chi connectivity index (χ1v) is 8.14. The Morgan fingerprint density at radius 3 is 2.38 bits per heavy atom. The van der Waals surface area contributed by atoms with Crippen LogP contribution in [0.1, 0.15) is 42.5 Å². The summed E-state index contributed by atoms with van der Waals surface area (Å²) in [6.07, 6.45) is -2.58. The summed E-state index contributed by atoms with van der Waals surface area (Å²) < 4.78 is 44.4. The highest BCUT2D eigenvalue weighted by atomic mass is 19.4. The van der Waals surface area contributed by atoms with Crippen molar-refractivity contribution in [3.05, 3.63) is 29.8 Å². The lowest BCUT2D eigenvalue weighted by Gasteiger charge is -2.39. The number of hydrogen-bond acceptors (Lipinski definition) is 3. The summed E-state index contributed by atoms with van der Waals surface area (Å²) >= 11 is 0. The third-order valence-electron chi connectivity index (χ3n) is 4.87. The molecule has 4 nitrogen and oxygen atoms in total. The highest BCUT2D eigenvalue weighted by Crippen LogP contribution is 2.39. The fourth-order valence-corrected chi connectivity index (χ4v) is 2.95. The molecule has 0 bridgehead atoms. The molecule has 0 aromatic heterocycles. The number of hydrogen-bond donors (Lipinski definition) is 1. The molecule has 2 aliphatic rings. The summed E-state index contributed by atoms with van der Waals surface area (Å²) in [5.74, 6) is 0.123. The number of para-hydroxylation sites is 1. The first-order valence-electron chi connectivity index (χ1n) is 8.14. The molecule has 1 saturated heterocycles. The van der Waals surface area contributed by atoms with Crippen LogP contribution in [0, 0.1) is 0 Å². The molecule has 1 amide bonds. The number of carbonyl (C=O) groups excluding carboxylic acids is 1. The molecule has 1 saturated carbocycles. The Hall–Kier alpha value is -1.76. The Bertz CT molecular complexity index is 605. The number of alkyl halides is 3. The highest BCUT2D eigenvalue weighted by molar-refractivity contribution is 5.97. The van der Waals surface area contributed by atoms with Crippen LogP contribution in [0.5, 0.6) is 5.75 Å². The molecule has 0 radical (unpaired) electrons. The monoisotopic (exact) mass is 343 g/mol. The van der Waals surface area contributed by atoms with E-state index in [2.05, 4.69) is 0 Å².